The zero-order chi connectivity index (χ0) is 21.0. The van der Waals surface area contributed by atoms with Gasteiger partial charge in [-0.2, -0.15) is 0 Å². The van der Waals surface area contributed by atoms with Crippen LogP contribution in [0.25, 0.3) is 0 Å². The fourth-order valence-electron chi connectivity index (χ4n) is 4.33. The number of para-hydroxylation sites is 1. The van der Waals surface area contributed by atoms with Crippen LogP contribution < -0.4 is 9.64 Å². The molecular formula is C23H19BrN2O3S. The van der Waals surface area contributed by atoms with E-state index in [1.165, 1.54) is 0 Å². The first-order chi connectivity index (χ1) is 14.4. The Balaban J connectivity index is 1.68. The summed E-state index contributed by atoms with van der Waals surface area (Å²) in [4.78, 5) is 17.1. The van der Waals surface area contributed by atoms with Crippen molar-refractivity contribution in [3.8, 4) is 5.75 Å². The molecule has 2 atom stereocenters. The SMILES string of the molecule is Cc1cccc(N2C(=S)N(C(=O)c3ccc(Br)o3)[C@@H]3C[C@@]2(C)Oc2ccccc23)c1. The molecule has 3 aromatic rings. The molecule has 5 nitrogen and oxygen atoms in total. The van der Waals surface area contributed by atoms with Crippen molar-refractivity contribution in [3.63, 3.8) is 0 Å². The van der Waals surface area contributed by atoms with Crippen LogP contribution >= 0.6 is 28.1 Å². The van der Waals surface area contributed by atoms with Gasteiger partial charge in [0.2, 0.25) is 0 Å². The van der Waals surface area contributed by atoms with E-state index in [1.54, 1.807) is 17.0 Å². The number of furan rings is 1. The van der Waals surface area contributed by atoms with Crippen molar-refractivity contribution in [1.82, 2.24) is 4.90 Å². The lowest BCUT2D eigenvalue weighted by Crippen LogP contribution is -2.67. The predicted octanol–water partition coefficient (Wildman–Crippen LogP) is 5.84. The maximum Gasteiger partial charge on any atom is 0.296 e. The first kappa shape index (κ1) is 19.3. The molecule has 2 aliphatic rings. The highest BCUT2D eigenvalue weighted by Gasteiger charge is 2.53. The lowest BCUT2D eigenvalue weighted by Gasteiger charge is -2.55. The van der Waals surface area contributed by atoms with Crippen LogP contribution in [-0.2, 0) is 0 Å². The molecule has 152 valence electrons. The summed E-state index contributed by atoms with van der Waals surface area (Å²) in [6.45, 7) is 4.05. The standard InChI is InChI=1S/C23H19BrN2O3S/c1-14-6-5-7-15(12-14)26-22(30)25(21(27)19-10-11-20(24)28-19)17-13-23(26,2)29-18-9-4-3-8-16(17)18/h3-12,17H,13H2,1-2H3/t17-,23-/m1/s1. The first-order valence-corrected chi connectivity index (χ1v) is 10.9. The van der Waals surface area contributed by atoms with E-state index in [2.05, 4.69) is 15.9 Å². The van der Waals surface area contributed by atoms with E-state index in [9.17, 15) is 4.79 Å². The number of hydrogen-bond donors (Lipinski definition) is 0. The lowest BCUT2D eigenvalue weighted by molar-refractivity contribution is 0.0173. The van der Waals surface area contributed by atoms with Gasteiger partial charge in [-0.05, 0) is 77.9 Å². The Morgan fingerprint density at radius 3 is 2.70 bits per heavy atom. The lowest BCUT2D eigenvalue weighted by atomic mass is 9.88. The van der Waals surface area contributed by atoms with Gasteiger partial charge in [-0.15, -0.1) is 0 Å². The van der Waals surface area contributed by atoms with Gasteiger partial charge in [0, 0.05) is 17.7 Å². The quantitative estimate of drug-likeness (QED) is 0.429. The molecule has 0 N–H and O–H groups in total. The Bertz CT molecular complexity index is 1180. The molecule has 0 unspecified atom stereocenters. The predicted molar refractivity (Wildman–Crippen MR) is 122 cm³/mol. The average Bonchev–Trinajstić information content (AvgIpc) is 3.14. The number of ether oxygens (including phenoxy) is 1. The maximum atomic E-state index is 13.5. The van der Waals surface area contributed by atoms with Gasteiger partial charge in [0.15, 0.2) is 21.3 Å². The van der Waals surface area contributed by atoms with Crippen molar-refractivity contribution in [3.05, 3.63) is 82.2 Å². The minimum absolute atomic E-state index is 0.237. The van der Waals surface area contributed by atoms with Gasteiger partial charge in [0.25, 0.3) is 5.91 Å². The monoisotopic (exact) mass is 482 g/mol. The highest BCUT2D eigenvalue weighted by molar-refractivity contribution is 9.10. The number of benzene rings is 2. The van der Waals surface area contributed by atoms with Crippen LogP contribution in [0.15, 0.2) is 69.8 Å². The summed E-state index contributed by atoms with van der Waals surface area (Å²) >= 11 is 9.19. The summed E-state index contributed by atoms with van der Waals surface area (Å²) in [7, 11) is 0. The fourth-order valence-corrected chi connectivity index (χ4v) is 5.15. The van der Waals surface area contributed by atoms with Crippen LogP contribution in [0, 0.1) is 6.92 Å². The van der Waals surface area contributed by atoms with Crippen molar-refractivity contribution in [2.24, 2.45) is 0 Å². The summed E-state index contributed by atoms with van der Waals surface area (Å²) < 4.78 is 12.6. The minimum Gasteiger partial charge on any atom is -0.467 e. The highest BCUT2D eigenvalue weighted by Crippen LogP contribution is 2.49. The molecule has 2 aliphatic heterocycles. The molecule has 5 rings (SSSR count). The molecule has 0 spiro atoms. The summed E-state index contributed by atoms with van der Waals surface area (Å²) in [5.41, 5.74) is 2.22. The van der Waals surface area contributed by atoms with E-state index < -0.39 is 5.72 Å². The number of nitrogens with zero attached hydrogens (tertiary/aromatic N) is 2. The number of halogens is 1. The Morgan fingerprint density at radius 1 is 1.17 bits per heavy atom. The van der Waals surface area contributed by atoms with E-state index in [1.807, 2.05) is 67.3 Å². The van der Waals surface area contributed by atoms with Gasteiger partial charge in [-0.25, -0.2) is 0 Å². The zero-order valence-electron chi connectivity index (χ0n) is 16.5. The maximum absolute atomic E-state index is 13.5. The molecule has 3 heterocycles. The third-order valence-corrected chi connectivity index (χ3v) is 6.43. The number of carbonyl (C=O) groups is 1. The van der Waals surface area contributed by atoms with Crippen molar-refractivity contribution < 1.29 is 13.9 Å². The second-order valence-corrected chi connectivity index (χ2v) is 8.92. The van der Waals surface area contributed by atoms with Gasteiger partial charge in [-0.1, -0.05) is 30.3 Å². The Labute approximate surface area is 188 Å². The van der Waals surface area contributed by atoms with Gasteiger partial charge < -0.3 is 9.15 Å². The fraction of sp³-hybridized carbons (Fsp3) is 0.217. The summed E-state index contributed by atoms with van der Waals surface area (Å²) in [6.07, 6.45) is 0.575. The number of rotatable bonds is 2. The van der Waals surface area contributed by atoms with E-state index >= 15 is 0 Å². The van der Waals surface area contributed by atoms with Gasteiger partial charge in [0.1, 0.15) is 5.75 Å². The Hall–Kier alpha value is -2.64. The molecule has 1 saturated heterocycles. The minimum atomic E-state index is -0.718. The number of aryl methyl sites for hydroxylation is 1. The highest BCUT2D eigenvalue weighted by atomic mass is 79.9. The molecular weight excluding hydrogens is 464 g/mol. The van der Waals surface area contributed by atoms with E-state index in [0.29, 0.717) is 16.2 Å². The molecule has 2 bridgehead atoms. The smallest absolute Gasteiger partial charge is 0.296 e. The third-order valence-electron chi connectivity index (χ3n) is 5.62. The molecule has 0 aliphatic carbocycles. The zero-order valence-corrected chi connectivity index (χ0v) is 18.9. The summed E-state index contributed by atoms with van der Waals surface area (Å²) in [5, 5.41) is 0.395. The van der Waals surface area contributed by atoms with E-state index in [-0.39, 0.29) is 17.7 Å². The number of hydrogen-bond acceptors (Lipinski definition) is 4. The number of amides is 1. The Morgan fingerprint density at radius 2 is 1.97 bits per heavy atom. The van der Waals surface area contributed by atoms with E-state index in [4.69, 9.17) is 21.4 Å². The molecule has 1 aromatic heterocycles. The third kappa shape index (κ3) is 2.96. The number of thiocarbonyl (C=S) groups is 1. The topological polar surface area (TPSA) is 45.9 Å². The van der Waals surface area contributed by atoms with Gasteiger partial charge in [0.05, 0.1) is 6.04 Å². The molecule has 0 radical (unpaired) electrons. The van der Waals surface area contributed by atoms with E-state index in [0.717, 1.165) is 22.6 Å². The van der Waals surface area contributed by atoms with Crippen LogP contribution in [0.1, 0.15) is 41.1 Å². The van der Waals surface area contributed by atoms with Crippen LogP contribution in [0.3, 0.4) is 0 Å². The van der Waals surface area contributed by atoms with Crippen LogP contribution in [0.5, 0.6) is 5.75 Å². The van der Waals surface area contributed by atoms with Crippen molar-refractivity contribution >= 4 is 44.9 Å². The number of fused-ring (bicyclic) bond motifs is 4. The van der Waals surface area contributed by atoms with Crippen LogP contribution in [-0.4, -0.2) is 21.6 Å². The number of anilines is 1. The molecule has 0 saturated carbocycles. The van der Waals surface area contributed by atoms with Crippen molar-refractivity contribution in [1.29, 1.82) is 0 Å². The Kier molecular flexibility index (Phi) is 4.48. The number of carbonyl (C=O) groups excluding carboxylic acids is 1. The molecule has 30 heavy (non-hydrogen) atoms. The molecule has 1 amide bonds. The van der Waals surface area contributed by atoms with Gasteiger partial charge >= 0.3 is 0 Å². The second-order valence-electron chi connectivity index (χ2n) is 7.77. The summed E-state index contributed by atoms with van der Waals surface area (Å²) in [6, 6.07) is 19.0. The van der Waals surface area contributed by atoms with Crippen LogP contribution in [0.2, 0.25) is 0 Å². The molecule has 1 fully saturated rings. The second kappa shape index (κ2) is 6.96. The average molecular weight is 483 g/mol. The van der Waals surface area contributed by atoms with Crippen molar-refractivity contribution in [2.75, 3.05) is 4.90 Å². The largest absolute Gasteiger partial charge is 0.467 e. The van der Waals surface area contributed by atoms with Crippen molar-refractivity contribution in [2.45, 2.75) is 32.0 Å². The summed E-state index contributed by atoms with van der Waals surface area (Å²) in [5.74, 6) is 0.725. The molecule has 7 heteroatoms. The first-order valence-electron chi connectivity index (χ1n) is 9.65. The molecule has 2 aromatic carbocycles. The van der Waals surface area contributed by atoms with Crippen LogP contribution in [0.4, 0.5) is 5.69 Å². The normalized spacial score (nSPS) is 22.5. The van der Waals surface area contributed by atoms with Gasteiger partial charge in [-0.3, -0.25) is 14.6 Å².